The van der Waals surface area contributed by atoms with E-state index in [2.05, 4.69) is 15.0 Å². The number of hydrogen-bond donors (Lipinski definition) is 2. The first-order valence-corrected chi connectivity index (χ1v) is 11.3. The monoisotopic (exact) mass is 455 g/mol. The Hall–Kier alpha value is -3.53. The molecule has 0 atom stereocenters. The summed E-state index contributed by atoms with van der Waals surface area (Å²) < 4.78 is 33.3. The van der Waals surface area contributed by atoms with Crippen LogP contribution < -0.4 is 15.2 Å². The summed E-state index contributed by atoms with van der Waals surface area (Å²) in [6, 6.07) is 9.04. The Kier molecular flexibility index (Phi) is 6.18. The largest absolute Gasteiger partial charge is 0.436 e. The van der Waals surface area contributed by atoms with Gasteiger partial charge in [-0.2, -0.15) is 8.42 Å². The topological polar surface area (TPSA) is 137 Å². The molecule has 3 N–H and O–H groups in total. The maximum atomic E-state index is 13.0. The molecule has 1 amide bonds. The summed E-state index contributed by atoms with van der Waals surface area (Å²) in [5, 5.41) is -0.369. The molecule has 9 nitrogen and oxygen atoms in total. The van der Waals surface area contributed by atoms with Crippen molar-refractivity contribution in [2.24, 2.45) is 0 Å². The van der Waals surface area contributed by atoms with Crippen LogP contribution in [0.2, 0.25) is 0 Å². The van der Waals surface area contributed by atoms with Gasteiger partial charge in [0.05, 0.1) is 5.69 Å². The Morgan fingerprint density at radius 3 is 2.41 bits per heavy atom. The lowest BCUT2D eigenvalue weighted by atomic mass is 9.91. The Balaban J connectivity index is 2.04. The third kappa shape index (κ3) is 5.02. The molecule has 0 saturated heterocycles. The highest BCUT2D eigenvalue weighted by Gasteiger charge is 2.26. The van der Waals surface area contributed by atoms with Crippen LogP contribution in [0.1, 0.15) is 48.1 Å². The van der Waals surface area contributed by atoms with E-state index in [1.807, 2.05) is 32.4 Å². The van der Waals surface area contributed by atoms with E-state index in [1.54, 1.807) is 25.3 Å². The van der Waals surface area contributed by atoms with Crippen LogP contribution in [0.3, 0.4) is 0 Å². The number of ether oxygens (including phenoxy) is 1. The fourth-order valence-corrected chi connectivity index (χ4v) is 3.79. The Morgan fingerprint density at radius 1 is 1.06 bits per heavy atom. The second-order valence-electron chi connectivity index (χ2n) is 8.28. The fourth-order valence-electron chi connectivity index (χ4n) is 2.85. The fraction of sp³-hybridized carbons (Fsp3) is 0.273. The van der Waals surface area contributed by atoms with Crippen molar-refractivity contribution in [1.29, 1.82) is 0 Å². The number of amides is 1. The predicted octanol–water partition coefficient (Wildman–Crippen LogP) is 3.28. The predicted molar refractivity (Wildman–Crippen MR) is 120 cm³/mol. The highest BCUT2D eigenvalue weighted by molar-refractivity contribution is 7.90. The van der Waals surface area contributed by atoms with E-state index in [1.165, 1.54) is 24.3 Å². The van der Waals surface area contributed by atoms with Gasteiger partial charge in [0, 0.05) is 17.3 Å². The standard InChI is InChI=1S/C22H25N5O4S/c1-13-11-12-24-14(2)19(13)31-21-15(9-10-16(25-21)22(3,4)5)20(28)27-32(29,30)18-8-6-7-17(23)26-18/h6-12H,1-5H3,(H2,23,26)(H,27,28). The first-order chi connectivity index (χ1) is 14.9. The lowest BCUT2D eigenvalue weighted by Crippen LogP contribution is -2.32. The van der Waals surface area contributed by atoms with Crippen LogP contribution in [-0.2, 0) is 15.4 Å². The normalized spacial score (nSPS) is 11.8. The SMILES string of the molecule is Cc1ccnc(C)c1Oc1nc(C(C)(C)C)ccc1C(=O)NS(=O)(=O)c1cccc(N)n1. The van der Waals surface area contributed by atoms with Crippen LogP contribution >= 0.6 is 0 Å². The number of carbonyl (C=O) groups excluding carboxylic acids is 1. The number of aromatic nitrogens is 3. The highest BCUT2D eigenvalue weighted by atomic mass is 32.2. The van der Waals surface area contributed by atoms with E-state index in [0.717, 1.165) is 5.56 Å². The summed E-state index contributed by atoms with van der Waals surface area (Å²) in [4.78, 5) is 25.5. The molecule has 3 aromatic heterocycles. The summed E-state index contributed by atoms with van der Waals surface area (Å²) >= 11 is 0. The third-order valence-corrected chi connectivity index (χ3v) is 5.83. The summed E-state index contributed by atoms with van der Waals surface area (Å²) in [6.45, 7) is 9.51. The molecule has 0 aliphatic rings. The molecule has 0 saturated carbocycles. The van der Waals surface area contributed by atoms with Crippen molar-refractivity contribution in [3.05, 3.63) is 65.1 Å². The highest BCUT2D eigenvalue weighted by Crippen LogP contribution is 2.31. The number of pyridine rings is 3. The first-order valence-electron chi connectivity index (χ1n) is 9.80. The lowest BCUT2D eigenvalue weighted by molar-refractivity contribution is 0.0978. The number of carbonyl (C=O) groups is 1. The van der Waals surface area contributed by atoms with Crippen LogP contribution in [0.25, 0.3) is 0 Å². The minimum atomic E-state index is -4.26. The van der Waals surface area contributed by atoms with Crippen molar-refractivity contribution in [1.82, 2.24) is 19.7 Å². The zero-order chi connectivity index (χ0) is 23.7. The number of nitrogens with one attached hydrogen (secondary N) is 1. The zero-order valence-corrected chi connectivity index (χ0v) is 19.3. The molecular formula is C22H25N5O4S. The molecular weight excluding hydrogens is 430 g/mol. The molecule has 0 fully saturated rings. The number of nitrogens with two attached hydrogens (primary N) is 1. The van der Waals surface area contributed by atoms with Crippen LogP contribution in [0.15, 0.2) is 47.6 Å². The van der Waals surface area contributed by atoms with Gasteiger partial charge in [-0.15, -0.1) is 0 Å². The lowest BCUT2D eigenvalue weighted by Gasteiger charge is -2.20. The molecule has 0 aliphatic carbocycles. The number of anilines is 1. The van der Waals surface area contributed by atoms with Gasteiger partial charge in [-0.25, -0.2) is 14.7 Å². The Bertz CT molecular complexity index is 1260. The average Bonchev–Trinajstić information content (AvgIpc) is 2.69. The van der Waals surface area contributed by atoms with E-state index in [9.17, 15) is 13.2 Å². The molecule has 0 radical (unpaired) electrons. The number of aryl methyl sites for hydroxylation is 2. The molecule has 32 heavy (non-hydrogen) atoms. The van der Waals surface area contributed by atoms with Crippen molar-refractivity contribution in [3.8, 4) is 11.6 Å². The van der Waals surface area contributed by atoms with Crippen LogP contribution in [0.4, 0.5) is 5.82 Å². The first kappa shape index (κ1) is 23.1. The van der Waals surface area contributed by atoms with Crippen LogP contribution in [0.5, 0.6) is 11.6 Å². The van der Waals surface area contributed by atoms with Crippen molar-refractivity contribution >= 4 is 21.7 Å². The number of sulfonamides is 1. The Morgan fingerprint density at radius 2 is 1.78 bits per heavy atom. The number of hydrogen-bond acceptors (Lipinski definition) is 8. The molecule has 3 rings (SSSR count). The van der Waals surface area contributed by atoms with E-state index in [4.69, 9.17) is 10.5 Å². The van der Waals surface area contributed by atoms with E-state index in [-0.39, 0.29) is 27.7 Å². The molecule has 168 valence electrons. The van der Waals surface area contributed by atoms with Crippen molar-refractivity contribution in [2.45, 2.75) is 45.1 Å². The average molecular weight is 456 g/mol. The number of nitrogens with zero attached hydrogens (tertiary/aromatic N) is 3. The minimum Gasteiger partial charge on any atom is -0.436 e. The second kappa shape index (κ2) is 8.54. The van der Waals surface area contributed by atoms with Gasteiger partial charge in [0.2, 0.25) is 5.88 Å². The van der Waals surface area contributed by atoms with Gasteiger partial charge in [-0.1, -0.05) is 26.8 Å². The Labute approximate surface area is 187 Å². The van der Waals surface area contributed by atoms with Gasteiger partial charge in [0.25, 0.3) is 15.9 Å². The van der Waals surface area contributed by atoms with E-state index in [0.29, 0.717) is 17.1 Å². The van der Waals surface area contributed by atoms with Crippen LogP contribution in [-0.4, -0.2) is 29.3 Å². The van der Waals surface area contributed by atoms with Crippen LogP contribution in [0, 0.1) is 13.8 Å². The van der Waals surface area contributed by atoms with Gasteiger partial charge >= 0.3 is 0 Å². The molecule has 3 heterocycles. The maximum Gasteiger partial charge on any atom is 0.281 e. The molecule has 10 heteroatoms. The summed E-state index contributed by atoms with van der Waals surface area (Å²) in [5.74, 6) is -0.468. The van der Waals surface area contributed by atoms with Crippen molar-refractivity contribution in [2.75, 3.05) is 5.73 Å². The maximum absolute atomic E-state index is 13.0. The molecule has 0 unspecified atom stereocenters. The van der Waals surface area contributed by atoms with Gasteiger partial charge in [-0.3, -0.25) is 9.78 Å². The number of nitrogen functional groups attached to an aromatic ring is 1. The summed E-state index contributed by atoms with van der Waals surface area (Å²) in [5.41, 5.74) is 7.26. The summed E-state index contributed by atoms with van der Waals surface area (Å²) in [6.07, 6.45) is 1.65. The minimum absolute atomic E-state index is 0.0167. The quantitative estimate of drug-likeness (QED) is 0.598. The molecule has 0 aromatic carbocycles. The van der Waals surface area contributed by atoms with Gasteiger partial charge in [0.1, 0.15) is 11.4 Å². The van der Waals surface area contributed by atoms with Gasteiger partial charge in [-0.05, 0) is 49.7 Å². The van der Waals surface area contributed by atoms with E-state index < -0.39 is 15.9 Å². The zero-order valence-electron chi connectivity index (χ0n) is 18.5. The smallest absolute Gasteiger partial charge is 0.281 e. The van der Waals surface area contributed by atoms with Gasteiger partial charge in [0.15, 0.2) is 10.8 Å². The van der Waals surface area contributed by atoms with Gasteiger partial charge < -0.3 is 10.5 Å². The third-order valence-electron chi connectivity index (χ3n) is 4.60. The number of rotatable bonds is 5. The molecule has 3 aromatic rings. The molecule has 0 aliphatic heterocycles. The summed E-state index contributed by atoms with van der Waals surface area (Å²) in [7, 11) is -4.26. The molecule has 0 bridgehead atoms. The van der Waals surface area contributed by atoms with Crippen molar-refractivity contribution < 1.29 is 17.9 Å². The molecule has 0 spiro atoms. The van der Waals surface area contributed by atoms with E-state index >= 15 is 0 Å². The van der Waals surface area contributed by atoms with Crippen molar-refractivity contribution in [3.63, 3.8) is 0 Å². The second-order valence-corrected chi connectivity index (χ2v) is 9.91.